The molecule has 0 atom stereocenters. The van der Waals surface area contributed by atoms with Crippen molar-refractivity contribution in [2.45, 2.75) is 6.54 Å². The molecule has 102 valence electrons. The molecule has 0 aliphatic heterocycles. The molecule has 0 saturated heterocycles. The van der Waals surface area contributed by atoms with E-state index in [1.165, 1.54) is 0 Å². The van der Waals surface area contributed by atoms with Gasteiger partial charge in [-0.3, -0.25) is 0 Å². The standard InChI is InChI=1S/C12H17F2NO3/c1-16-2-3-17-4-5-18-12-10(13)6-9(8-15)7-11(12)14/h6-7H,2-5,8,15H2,1H3. The molecule has 0 spiro atoms. The van der Waals surface area contributed by atoms with Crippen LogP contribution in [0.3, 0.4) is 0 Å². The zero-order chi connectivity index (χ0) is 13.4. The van der Waals surface area contributed by atoms with E-state index in [0.29, 0.717) is 18.8 Å². The fraction of sp³-hybridized carbons (Fsp3) is 0.500. The van der Waals surface area contributed by atoms with Gasteiger partial charge < -0.3 is 19.9 Å². The van der Waals surface area contributed by atoms with E-state index in [4.69, 9.17) is 19.9 Å². The van der Waals surface area contributed by atoms with Gasteiger partial charge in [0, 0.05) is 13.7 Å². The summed E-state index contributed by atoms with van der Waals surface area (Å²) in [5.41, 5.74) is 5.68. The van der Waals surface area contributed by atoms with E-state index >= 15 is 0 Å². The van der Waals surface area contributed by atoms with Crippen molar-refractivity contribution < 1.29 is 23.0 Å². The Balaban J connectivity index is 2.42. The lowest BCUT2D eigenvalue weighted by Crippen LogP contribution is -2.11. The lowest BCUT2D eigenvalue weighted by atomic mass is 10.2. The number of rotatable bonds is 8. The highest BCUT2D eigenvalue weighted by atomic mass is 19.1. The Labute approximate surface area is 105 Å². The number of ether oxygens (including phenoxy) is 3. The predicted octanol–water partition coefficient (Wildman–Crippen LogP) is 1.47. The zero-order valence-corrected chi connectivity index (χ0v) is 10.2. The molecule has 0 aromatic heterocycles. The molecule has 0 heterocycles. The Bertz CT molecular complexity index is 351. The molecule has 0 saturated carbocycles. The molecule has 18 heavy (non-hydrogen) atoms. The summed E-state index contributed by atoms with van der Waals surface area (Å²) in [4.78, 5) is 0. The van der Waals surface area contributed by atoms with E-state index in [-0.39, 0.29) is 19.8 Å². The van der Waals surface area contributed by atoms with Crippen LogP contribution in [0.1, 0.15) is 5.56 Å². The maximum Gasteiger partial charge on any atom is 0.190 e. The molecule has 2 N–H and O–H groups in total. The molecule has 0 radical (unpaired) electrons. The van der Waals surface area contributed by atoms with Crippen LogP contribution in [0, 0.1) is 11.6 Å². The lowest BCUT2D eigenvalue weighted by molar-refractivity contribution is 0.0531. The van der Waals surface area contributed by atoms with Gasteiger partial charge in [-0.25, -0.2) is 8.78 Å². The molecule has 0 bridgehead atoms. The molecular formula is C12H17F2NO3. The van der Waals surface area contributed by atoms with Crippen molar-refractivity contribution in [2.24, 2.45) is 5.73 Å². The first-order valence-corrected chi connectivity index (χ1v) is 5.56. The third-order valence-electron chi connectivity index (χ3n) is 2.20. The Morgan fingerprint density at radius 2 is 1.67 bits per heavy atom. The van der Waals surface area contributed by atoms with Crippen LogP contribution in [-0.4, -0.2) is 33.5 Å². The van der Waals surface area contributed by atoms with E-state index in [9.17, 15) is 8.78 Å². The van der Waals surface area contributed by atoms with Crippen LogP contribution in [0.5, 0.6) is 5.75 Å². The molecule has 0 amide bonds. The minimum atomic E-state index is -0.757. The van der Waals surface area contributed by atoms with Crippen molar-refractivity contribution in [1.82, 2.24) is 0 Å². The molecule has 0 aliphatic carbocycles. The van der Waals surface area contributed by atoms with Crippen molar-refractivity contribution in [2.75, 3.05) is 33.5 Å². The van der Waals surface area contributed by atoms with Crippen LogP contribution >= 0.6 is 0 Å². The number of halogens is 2. The Morgan fingerprint density at radius 3 is 2.22 bits per heavy atom. The SMILES string of the molecule is COCCOCCOc1c(F)cc(CN)cc1F. The first-order valence-electron chi connectivity index (χ1n) is 5.56. The number of hydrogen-bond donors (Lipinski definition) is 1. The largest absolute Gasteiger partial charge is 0.485 e. The molecule has 1 aromatic carbocycles. The molecule has 4 nitrogen and oxygen atoms in total. The van der Waals surface area contributed by atoms with Crippen molar-refractivity contribution in [3.63, 3.8) is 0 Å². The summed E-state index contributed by atoms with van der Waals surface area (Å²) in [6.07, 6.45) is 0. The van der Waals surface area contributed by atoms with Gasteiger partial charge in [0.1, 0.15) is 6.61 Å². The molecule has 0 aliphatic rings. The van der Waals surface area contributed by atoms with Crippen molar-refractivity contribution in [3.8, 4) is 5.75 Å². The van der Waals surface area contributed by atoms with Gasteiger partial charge in [0.15, 0.2) is 17.4 Å². The van der Waals surface area contributed by atoms with Gasteiger partial charge in [0.05, 0.1) is 19.8 Å². The minimum absolute atomic E-state index is 0.0690. The second-order valence-corrected chi connectivity index (χ2v) is 3.55. The van der Waals surface area contributed by atoms with Crippen LogP contribution in [0.4, 0.5) is 8.78 Å². The summed E-state index contributed by atoms with van der Waals surface area (Å²) >= 11 is 0. The summed E-state index contributed by atoms with van der Waals surface area (Å²) in [5, 5.41) is 0. The normalized spacial score (nSPS) is 10.7. The summed E-state index contributed by atoms with van der Waals surface area (Å²) in [6.45, 7) is 1.26. The van der Waals surface area contributed by atoms with Crippen molar-refractivity contribution in [1.29, 1.82) is 0 Å². The van der Waals surface area contributed by atoms with Gasteiger partial charge in [-0.05, 0) is 17.7 Å². The van der Waals surface area contributed by atoms with Gasteiger partial charge in [-0.1, -0.05) is 0 Å². The predicted molar refractivity (Wildman–Crippen MR) is 62.4 cm³/mol. The fourth-order valence-electron chi connectivity index (χ4n) is 1.32. The summed E-state index contributed by atoms with van der Waals surface area (Å²) in [6, 6.07) is 2.31. The van der Waals surface area contributed by atoms with Crippen LogP contribution in [0.2, 0.25) is 0 Å². The second-order valence-electron chi connectivity index (χ2n) is 3.55. The molecule has 6 heteroatoms. The second kappa shape index (κ2) is 7.97. The van der Waals surface area contributed by atoms with Crippen LogP contribution in [-0.2, 0) is 16.0 Å². The smallest absolute Gasteiger partial charge is 0.190 e. The third-order valence-corrected chi connectivity index (χ3v) is 2.20. The first kappa shape index (κ1) is 14.8. The molecule has 0 unspecified atom stereocenters. The highest BCUT2D eigenvalue weighted by molar-refractivity contribution is 5.31. The van der Waals surface area contributed by atoms with E-state index in [1.807, 2.05) is 0 Å². The highest BCUT2D eigenvalue weighted by Crippen LogP contribution is 2.23. The van der Waals surface area contributed by atoms with Crippen molar-refractivity contribution >= 4 is 0 Å². The zero-order valence-electron chi connectivity index (χ0n) is 10.2. The monoisotopic (exact) mass is 261 g/mol. The van der Waals surface area contributed by atoms with Gasteiger partial charge in [0.25, 0.3) is 0 Å². The molecule has 1 aromatic rings. The number of hydrogen-bond acceptors (Lipinski definition) is 4. The Kier molecular flexibility index (Phi) is 6.56. The number of nitrogens with two attached hydrogens (primary N) is 1. The van der Waals surface area contributed by atoms with Crippen LogP contribution in [0.15, 0.2) is 12.1 Å². The lowest BCUT2D eigenvalue weighted by Gasteiger charge is -2.10. The molecule has 1 rings (SSSR count). The molecular weight excluding hydrogens is 244 g/mol. The quantitative estimate of drug-likeness (QED) is 0.720. The van der Waals surface area contributed by atoms with Crippen LogP contribution in [0.25, 0.3) is 0 Å². The maximum atomic E-state index is 13.4. The maximum absolute atomic E-state index is 13.4. The number of methoxy groups -OCH3 is 1. The third kappa shape index (κ3) is 4.56. The summed E-state index contributed by atoms with van der Waals surface area (Å²) < 4.78 is 41.8. The van der Waals surface area contributed by atoms with Gasteiger partial charge in [-0.2, -0.15) is 0 Å². The van der Waals surface area contributed by atoms with Gasteiger partial charge in [-0.15, -0.1) is 0 Å². The van der Waals surface area contributed by atoms with Gasteiger partial charge in [0.2, 0.25) is 0 Å². The average Bonchev–Trinajstić information content (AvgIpc) is 2.35. The highest BCUT2D eigenvalue weighted by Gasteiger charge is 2.11. The van der Waals surface area contributed by atoms with Crippen LogP contribution < -0.4 is 10.5 Å². The fourth-order valence-corrected chi connectivity index (χ4v) is 1.32. The Hall–Kier alpha value is -1.24. The number of benzene rings is 1. The van der Waals surface area contributed by atoms with Gasteiger partial charge >= 0.3 is 0 Å². The summed E-state index contributed by atoms with van der Waals surface area (Å²) in [7, 11) is 1.56. The van der Waals surface area contributed by atoms with E-state index < -0.39 is 17.4 Å². The van der Waals surface area contributed by atoms with Crippen molar-refractivity contribution in [3.05, 3.63) is 29.3 Å². The van der Waals surface area contributed by atoms with E-state index in [2.05, 4.69) is 0 Å². The van der Waals surface area contributed by atoms with E-state index in [0.717, 1.165) is 12.1 Å². The minimum Gasteiger partial charge on any atom is -0.485 e. The Morgan fingerprint density at radius 1 is 1.06 bits per heavy atom. The first-order chi connectivity index (χ1) is 8.69. The van der Waals surface area contributed by atoms with E-state index in [1.54, 1.807) is 7.11 Å². The molecule has 0 fully saturated rings. The summed E-state index contributed by atoms with van der Waals surface area (Å²) in [5.74, 6) is -1.91. The topological polar surface area (TPSA) is 53.7 Å². The average molecular weight is 261 g/mol.